The molecule has 0 fully saturated rings. The third kappa shape index (κ3) is 4.97. The van der Waals surface area contributed by atoms with Gasteiger partial charge in [0.2, 0.25) is 5.91 Å². The van der Waals surface area contributed by atoms with Crippen molar-refractivity contribution in [3.63, 3.8) is 0 Å². The molecule has 1 aromatic heterocycles. The van der Waals surface area contributed by atoms with Gasteiger partial charge in [-0.05, 0) is 24.3 Å². The van der Waals surface area contributed by atoms with Crippen molar-refractivity contribution in [1.82, 2.24) is 15.5 Å². The van der Waals surface area contributed by atoms with Crippen LogP contribution in [0, 0.1) is 5.82 Å². The van der Waals surface area contributed by atoms with Gasteiger partial charge >= 0.3 is 6.61 Å². The van der Waals surface area contributed by atoms with Crippen LogP contribution in [0.1, 0.15) is 11.4 Å². The molecule has 0 spiro atoms. The molecule has 2 aromatic carbocycles. The summed E-state index contributed by atoms with van der Waals surface area (Å²) in [4.78, 5) is 15.9. The van der Waals surface area contributed by atoms with Gasteiger partial charge in [0.25, 0.3) is 5.89 Å². The van der Waals surface area contributed by atoms with Crippen molar-refractivity contribution in [2.45, 2.75) is 13.2 Å². The normalized spacial score (nSPS) is 11.1. The summed E-state index contributed by atoms with van der Waals surface area (Å²) in [5.41, 5.74) is 0.474. The molecular formula is C19H14F3N3O3. The van der Waals surface area contributed by atoms with Crippen molar-refractivity contribution < 1.29 is 27.2 Å². The van der Waals surface area contributed by atoms with Crippen LogP contribution in [0.3, 0.4) is 0 Å². The molecule has 3 rings (SSSR count). The quantitative estimate of drug-likeness (QED) is 0.622. The van der Waals surface area contributed by atoms with Crippen LogP contribution in [0.4, 0.5) is 13.2 Å². The Bertz CT molecular complexity index is 989. The Morgan fingerprint density at radius 2 is 1.93 bits per heavy atom. The molecule has 0 saturated heterocycles. The number of nitrogens with one attached hydrogen (secondary N) is 1. The fourth-order valence-corrected chi connectivity index (χ4v) is 2.28. The first kappa shape index (κ1) is 19.2. The van der Waals surface area contributed by atoms with Crippen LogP contribution in [0.2, 0.25) is 0 Å². The van der Waals surface area contributed by atoms with Crippen LogP contribution in [0.15, 0.2) is 59.1 Å². The van der Waals surface area contributed by atoms with Gasteiger partial charge in [-0.25, -0.2) is 4.39 Å². The monoisotopic (exact) mass is 389 g/mol. The number of ether oxygens (including phenoxy) is 1. The summed E-state index contributed by atoms with van der Waals surface area (Å²) in [6, 6.07) is 12.0. The summed E-state index contributed by atoms with van der Waals surface area (Å²) in [6.45, 7) is -3.03. The Hall–Kier alpha value is -3.62. The lowest BCUT2D eigenvalue weighted by atomic mass is 10.2. The zero-order valence-corrected chi connectivity index (χ0v) is 14.3. The Kier molecular flexibility index (Phi) is 6.05. The molecule has 0 saturated carbocycles. The number of halogens is 3. The van der Waals surface area contributed by atoms with Gasteiger partial charge < -0.3 is 14.6 Å². The predicted molar refractivity (Wildman–Crippen MR) is 93.6 cm³/mol. The van der Waals surface area contributed by atoms with Crippen molar-refractivity contribution in [1.29, 1.82) is 0 Å². The van der Waals surface area contributed by atoms with E-state index >= 15 is 0 Å². The topological polar surface area (TPSA) is 77.2 Å². The van der Waals surface area contributed by atoms with Gasteiger partial charge in [0.1, 0.15) is 11.6 Å². The molecule has 28 heavy (non-hydrogen) atoms. The second-order valence-corrected chi connectivity index (χ2v) is 5.46. The van der Waals surface area contributed by atoms with E-state index in [9.17, 15) is 18.0 Å². The molecule has 3 aromatic rings. The van der Waals surface area contributed by atoms with E-state index in [2.05, 4.69) is 20.2 Å². The standard InChI is InChI=1S/C19H14F3N3O3/c20-14-7-3-2-6-13(14)18-24-16(25-28-18)11-23-17(26)10-9-12-5-1-4-8-15(12)27-19(21)22/h1-10,19H,11H2,(H,23,26). The number of amides is 1. The van der Waals surface area contributed by atoms with Gasteiger partial charge in [0.15, 0.2) is 5.82 Å². The van der Waals surface area contributed by atoms with E-state index in [4.69, 9.17) is 4.52 Å². The number of aromatic nitrogens is 2. The first-order valence-electron chi connectivity index (χ1n) is 8.10. The highest BCUT2D eigenvalue weighted by Gasteiger charge is 2.13. The highest BCUT2D eigenvalue weighted by atomic mass is 19.3. The Balaban J connectivity index is 1.60. The van der Waals surface area contributed by atoms with Crippen molar-refractivity contribution in [3.8, 4) is 17.2 Å². The summed E-state index contributed by atoms with van der Waals surface area (Å²) in [7, 11) is 0. The lowest BCUT2D eigenvalue weighted by molar-refractivity contribution is -0.116. The number of hydrogen-bond acceptors (Lipinski definition) is 5. The molecule has 144 valence electrons. The second kappa shape index (κ2) is 8.85. The van der Waals surface area contributed by atoms with E-state index in [0.717, 1.165) is 6.08 Å². The van der Waals surface area contributed by atoms with E-state index in [1.165, 1.54) is 36.4 Å². The Morgan fingerprint density at radius 1 is 1.18 bits per heavy atom. The fourth-order valence-electron chi connectivity index (χ4n) is 2.28. The Morgan fingerprint density at radius 3 is 2.71 bits per heavy atom. The van der Waals surface area contributed by atoms with Crippen molar-refractivity contribution >= 4 is 12.0 Å². The minimum Gasteiger partial charge on any atom is -0.434 e. The van der Waals surface area contributed by atoms with Crippen LogP contribution in [-0.2, 0) is 11.3 Å². The van der Waals surface area contributed by atoms with Crippen molar-refractivity contribution in [3.05, 3.63) is 71.8 Å². The number of benzene rings is 2. The molecule has 0 radical (unpaired) electrons. The number of rotatable bonds is 7. The summed E-state index contributed by atoms with van der Waals surface area (Å²) < 4.78 is 47.8. The van der Waals surface area contributed by atoms with Crippen LogP contribution >= 0.6 is 0 Å². The van der Waals surface area contributed by atoms with Gasteiger partial charge in [0, 0.05) is 11.6 Å². The molecule has 0 aliphatic rings. The number of nitrogens with zero attached hydrogens (tertiary/aromatic N) is 2. The maximum Gasteiger partial charge on any atom is 0.387 e. The largest absolute Gasteiger partial charge is 0.434 e. The van der Waals surface area contributed by atoms with Crippen LogP contribution < -0.4 is 10.1 Å². The third-order valence-electron chi connectivity index (χ3n) is 3.54. The lowest BCUT2D eigenvalue weighted by Gasteiger charge is -2.07. The minimum absolute atomic E-state index is 0.00373. The molecule has 0 aliphatic carbocycles. The first-order chi connectivity index (χ1) is 13.5. The molecule has 9 heteroatoms. The average Bonchev–Trinajstić information content (AvgIpc) is 3.14. The maximum absolute atomic E-state index is 13.7. The van der Waals surface area contributed by atoms with Gasteiger partial charge in [-0.1, -0.05) is 35.5 Å². The fraction of sp³-hybridized carbons (Fsp3) is 0.105. The molecule has 0 unspecified atom stereocenters. The van der Waals surface area contributed by atoms with Crippen molar-refractivity contribution in [2.24, 2.45) is 0 Å². The molecule has 0 bridgehead atoms. The van der Waals surface area contributed by atoms with E-state index in [1.54, 1.807) is 18.2 Å². The minimum atomic E-state index is -2.97. The molecule has 1 N–H and O–H groups in total. The molecule has 1 heterocycles. The SMILES string of the molecule is O=C(C=Cc1ccccc1OC(F)F)NCc1noc(-c2ccccc2F)n1. The average molecular weight is 389 g/mol. The zero-order chi connectivity index (χ0) is 19.9. The second-order valence-electron chi connectivity index (χ2n) is 5.46. The van der Waals surface area contributed by atoms with Gasteiger partial charge in [0.05, 0.1) is 12.1 Å². The number of carbonyl (C=O) groups is 1. The number of carbonyl (C=O) groups excluding carboxylic acids is 1. The van der Waals surface area contributed by atoms with Crippen LogP contribution in [-0.4, -0.2) is 22.7 Å². The van der Waals surface area contributed by atoms with Crippen LogP contribution in [0.25, 0.3) is 17.5 Å². The van der Waals surface area contributed by atoms with E-state index < -0.39 is 18.3 Å². The zero-order valence-electron chi connectivity index (χ0n) is 14.3. The summed E-state index contributed by atoms with van der Waals surface area (Å²) in [5.74, 6) is -0.912. The van der Waals surface area contributed by atoms with Crippen LogP contribution in [0.5, 0.6) is 5.75 Å². The highest BCUT2D eigenvalue weighted by molar-refractivity contribution is 5.92. The summed E-state index contributed by atoms with van der Waals surface area (Å²) >= 11 is 0. The predicted octanol–water partition coefficient (Wildman–Crippen LogP) is 3.81. The molecular weight excluding hydrogens is 375 g/mol. The van der Waals surface area contributed by atoms with E-state index in [0.29, 0.717) is 5.56 Å². The van der Waals surface area contributed by atoms with Gasteiger partial charge in [-0.15, -0.1) is 0 Å². The summed E-state index contributed by atoms with van der Waals surface area (Å²) in [6.07, 6.45) is 2.50. The highest BCUT2D eigenvalue weighted by Crippen LogP contribution is 2.22. The number of para-hydroxylation sites is 1. The molecule has 1 amide bonds. The number of hydrogen-bond donors (Lipinski definition) is 1. The molecule has 6 nitrogen and oxygen atoms in total. The molecule has 0 aliphatic heterocycles. The third-order valence-corrected chi connectivity index (χ3v) is 3.54. The van der Waals surface area contributed by atoms with E-state index in [-0.39, 0.29) is 29.6 Å². The molecule has 0 atom stereocenters. The number of alkyl halides is 2. The van der Waals surface area contributed by atoms with Gasteiger partial charge in [-0.3, -0.25) is 4.79 Å². The first-order valence-corrected chi connectivity index (χ1v) is 8.10. The maximum atomic E-state index is 13.7. The Labute approximate surface area is 157 Å². The summed E-state index contributed by atoms with van der Waals surface area (Å²) in [5, 5.41) is 6.19. The smallest absolute Gasteiger partial charge is 0.387 e. The lowest BCUT2D eigenvalue weighted by Crippen LogP contribution is -2.20. The van der Waals surface area contributed by atoms with Gasteiger partial charge in [-0.2, -0.15) is 13.8 Å². The van der Waals surface area contributed by atoms with Crippen molar-refractivity contribution in [2.75, 3.05) is 0 Å². The van der Waals surface area contributed by atoms with E-state index in [1.807, 2.05) is 0 Å².